The minimum atomic E-state index is -0.527. The van der Waals surface area contributed by atoms with E-state index in [-0.39, 0.29) is 17.3 Å². The highest BCUT2D eigenvalue weighted by Crippen LogP contribution is 2.34. The molecule has 0 unspecified atom stereocenters. The summed E-state index contributed by atoms with van der Waals surface area (Å²) in [6.07, 6.45) is 0. The molecule has 0 aliphatic rings. The smallest absolute Gasteiger partial charge is 0.273 e. The molecule has 9 heteroatoms. The predicted octanol–water partition coefficient (Wildman–Crippen LogP) is 4.44. The zero-order valence-corrected chi connectivity index (χ0v) is 14.5. The molecular formula is C12H8Br2N2O4S. The first kappa shape index (κ1) is 15.9. The van der Waals surface area contributed by atoms with Crippen LogP contribution in [0.4, 0.5) is 11.4 Å². The number of hydrogen-bond acceptors (Lipinski definition) is 5. The highest BCUT2D eigenvalue weighted by atomic mass is 79.9. The van der Waals surface area contributed by atoms with E-state index in [1.165, 1.54) is 36.6 Å². The Morgan fingerprint density at radius 3 is 2.62 bits per heavy atom. The number of benzene rings is 1. The summed E-state index contributed by atoms with van der Waals surface area (Å²) in [7, 11) is 1.38. The van der Waals surface area contributed by atoms with Crippen LogP contribution in [0.5, 0.6) is 5.75 Å². The Morgan fingerprint density at radius 2 is 2.10 bits per heavy atom. The number of nitrogens with zero attached hydrogens (tertiary/aromatic N) is 1. The molecule has 1 amide bonds. The summed E-state index contributed by atoms with van der Waals surface area (Å²) in [6, 6.07) is 5.68. The van der Waals surface area contributed by atoms with Crippen molar-refractivity contribution in [3.05, 3.63) is 47.5 Å². The molecule has 2 aromatic rings. The third-order valence-corrected chi connectivity index (χ3v) is 4.88. The highest BCUT2D eigenvalue weighted by molar-refractivity contribution is 9.12. The number of thiophene rings is 1. The Kier molecular flexibility index (Phi) is 4.96. The van der Waals surface area contributed by atoms with E-state index in [1.54, 1.807) is 6.07 Å². The van der Waals surface area contributed by atoms with Crippen LogP contribution in [0.3, 0.4) is 0 Å². The number of rotatable bonds is 4. The maximum absolute atomic E-state index is 12.2. The second-order valence-electron chi connectivity index (χ2n) is 3.83. The number of halogens is 2. The second kappa shape index (κ2) is 6.54. The Hall–Kier alpha value is -1.45. The number of carbonyl (C=O) groups is 1. The third kappa shape index (κ3) is 3.60. The average Bonchev–Trinajstić information content (AvgIpc) is 2.78. The second-order valence-corrected chi connectivity index (χ2v) is 7.58. The van der Waals surface area contributed by atoms with Crippen molar-refractivity contribution in [2.75, 3.05) is 12.4 Å². The molecule has 0 fully saturated rings. The zero-order chi connectivity index (χ0) is 15.6. The van der Waals surface area contributed by atoms with E-state index < -0.39 is 4.92 Å². The minimum absolute atomic E-state index is 0.107. The molecule has 0 spiro atoms. The zero-order valence-electron chi connectivity index (χ0n) is 10.6. The van der Waals surface area contributed by atoms with E-state index >= 15 is 0 Å². The first-order chi connectivity index (χ1) is 9.92. The summed E-state index contributed by atoms with van der Waals surface area (Å²) in [5.41, 5.74) is 0.721. The lowest BCUT2D eigenvalue weighted by atomic mass is 10.2. The number of nitro benzene ring substituents is 1. The summed E-state index contributed by atoms with van der Waals surface area (Å²) in [5.74, 6) is -0.112. The van der Waals surface area contributed by atoms with Crippen LogP contribution < -0.4 is 10.1 Å². The number of anilines is 1. The maximum Gasteiger partial charge on any atom is 0.273 e. The van der Waals surface area contributed by atoms with Crippen LogP contribution >= 0.6 is 43.2 Å². The fraction of sp³-hybridized carbons (Fsp3) is 0.0833. The Labute approximate surface area is 140 Å². The highest BCUT2D eigenvalue weighted by Gasteiger charge is 2.17. The first-order valence-electron chi connectivity index (χ1n) is 5.51. The molecular weight excluding hydrogens is 428 g/mol. The van der Waals surface area contributed by atoms with Gasteiger partial charge < -0.3 is 10.1 Å². The molecule has 0 atom stereocenters. The van der Waals surface area contributed by atoms with Gasteiger partial charge in [0, 0.05) is 6.07 Å². The quantitative estimate of drug-likeness (QED) is 0.568. The summed E-state index contributed by atoms with van der Waals surface area (Å²) in [6.45, 7) is 0. The summed E-state index contributed by atoms with van der Waals surface area (Å²) in [5, 5.41) is 13.4. The Balaban J connectivity index is 2.29. The van der Waals surface area contributed by atoms with E-state index in [4.69, 9.17) is 4.74 Å². The minimum Gasteiger partial charge on any atom is -0.494 e. The van der Waals surface area contributed by atoms with Crippen LogP contribution in [-0.4, -0.2) is 17.9 Å². The molecule has 110 valence electrons. The van der Waals surface area contributed by atoms with Crippen molar-refractivity contribution < 1.29 is 14.5 Å². The lowest BCUT2D eigenvalue weighted by Gasteiger charge is -2.09. The van der Waals surface area contributed by atoms with Gasteiger partial charge >= 0.3 is 0 Å². The van der Waals surface area contributed by atoms with E-state index in [9.17, 15) is 14.9 Å². The van der Waals surface area contributed by atoms with Crippen LogP contribution in [0.15, 0.2) is 31.8 Å². The van der Waals surface area contributed by atoms with Crippen molar-refractivity contribution in [2.45, 2.75) is 0 Å². The van der Waals surface area contributed by atoms with E-state index in [0.717, 1.165) is 3.79 Å². The van der Waals surface area contributed by atoms with Crippen molar-refractivity contribution in [3.63, 3.8) is 0 Å². The molecule has 21 heavy (non-hydrogen) atoms. The van der Waals surface area contributed by atoms with Crippen LogP contribution in [0.25, 0.3) is 0 Å². The number of carbonyl (C=O) groups excluding carboxylic acids is 1. The van der Waals surface area contributed by atoms with Crippen LogP contribution in [0.1, 0.15) is 10.4 Å². The van der Waals surface area contributed by atoms with Gasteiger partial charge in [-0.3, -0.25) is 14.9 Å². The van der Waals surface area contributed by atoms with E-state index in [0.29, 0.717) is 15.0 Å². The average molecular weight is 436 g/mol. The molecule has 0 radical (unpaired) electrons. The standard InChI is InChI=1S/C12H8Br2N2O4S/c1-20-9-4-6(16(18)19)2-3-8(9)15-12(17)7-5-10(13)21-11(7)14/h2-5H,1H3,(H,15,17). The lowest BCUT2D eigenvalue weighted by Crippen LogP contribution is -2.12. The molecule has 0 saturated carbocycles. The van der Waals surface area contributed by atoms with Gasteiger partial charge in [0.05, 0.1) is 36.9 Å². The third-order valence-electron chi connectivity index (χ3n) is 2.55. The van der Waals surface area contributed by atoms with Crippen molar-refractivity contribution in [1.29, 1.82) is 0 Å². The fourth-order valence-corrected chi connectivity index (χ4v) is 4.37. The number of ether oxygens (including phenoxy) is 1. The lowest BCUT2D eigenvalue weighted by molar-refractivity contribution is -0.384. The number of nitrogens with one attached hydrogen (secondary N) is 1. The molecule has 2 rings (SSSR count). The number of non-ortho nitro benzene ring substituents is 1. The van der Waals surface area contributed by atoms with Crippen LogP contribution in [0, 0.1) is 10.1 Å². The molecule has 6 nitrogen and oxygen atoms in total. The van der Waals surface area contributed by atoms with Crippen molar-refractivity contribution in [2.24, 2.45) is 0 Å². The van der Waals surface area contributed by atoms with Gasteiger partial charge in [-0.1, -0.05) is 0 Å². The van der Waals surface area contributed by atoms with Crippen LogP contribution in [0.2, 0.25) is 0 Å². The van der Waals surface area contributed by atoms with Gasteiger partial charge in [0.1, 0.15) is 5.75 Å². The van der Waals surface area contributed by atoms with Gasteiger partial charge in [0.15, 0.2) is 0 Å². The molecule has 0 aliphatic heterocycles. The molecule has 0 aliphatic carbocycles. The monoisotopic (exact) mass is 434 g/mol. The Morgan fingerprint density at radius 1 is 1.38 bits per heavy atom. The normalized spacial score (nSPS) is 10.2. The first-order valence-corrected chi connectivity index (χ1v) is 7.91. The van der Waals surface area contributed by atoms with Gasteiger partial charge in [0.2, 0.25) is 0 Å². The van der Waals surface area contributed by atoms with E-state index in [2.05, 4.69) is 37.2 Å². The van der Waals surface area contributed by atoms with Gasteiger partial charge in [-0.25, -0.2) is 0 Å². The summed E-state index contributed by atoms with van der Waals surface area (Å²) < 4.78 is 6.57. The molecule has 1 aromatic carbocycles. The summed E-state index contributed by atoms with van der Waals surface area (Å²) >= 11 is 7.98. The van der Waals surface area contributed by atoms with E-state index in [1.807, 2.05) is 0 Å². The Bertz CT molecular complexity index is 717. The molecule has 1 aromatic heterocycles. The van der Waals surface area contributed by atoms with Gasteiger partial charge in [0.25, 0.3) is 11.6 Å². The number of nitro groups is 1. The number of methoxy groups -OCH3 is 1. The van der Waals surface area contributed by atoms with Gasteiger partial charge in [-0.15, -0.1) is 11.3 Å². The fourth-order valence-electron chi connectivity index (χ4n) is 1.58. The SMILES string of the molecule is COc1cc([N+](=O)[O-])ccc1NC(=O)c1cc(Br)sc1Br. The molecule has 1 heterocycles. The summed E-state index contributed by atoms with van der Waals surface area (Å²) in [4.78, 5) is 22.4. The van der Waals surface area contributed by atoms with Gasteiger partial charge in [-0.05, 0) is 44.0 Å². The topological polar surface area (TPSA) is 81.5 Å². The largest absolute Gasteiger partial charge is 0.494 e. The maximum atomic E-state index is 12.2. The predicted molar refractivity (Wildman–Crippen MR) is 87.3 cm³/mol. The number of amides is 1. The van der Waals surface area contributed by atoms with Crippen molar-refractivity contribution in [1.82, 2.24) is 0 Å². The van der Waals surface area contributed by atoms with Crippen molar-refractivity contribution in [3.8, 4) is 5.75 Å². The molecule has 0 saturated heterocycles. The molecule has 0 bridgehead atoms. The molecule has 1 N–H and O–H groups in total. The van der Waals surface area contributed by atoms with Crippen molar-refractivity contribution >= 4 is 60.5 Å². The number of hydrogen-bond donors (Lipinski definition) is 1. The van der Waals surface area contributed by atoms with Crippen LogP contribution in [-0.2, 0) is 0 Å². The van der Waals surface area contributed by atoms with Gasteiger partial charge in [-0.2, -0.15) is 0 Å².